The first-order valence-corrected chi connectivity index (χ1v) is 9.21. The molecule has 1 aromatic heterocycles. The Balaban J connectivity index is 1.63. The summed E-state index contributed by atoms with van der Waals surface area (Å²) in [7, 11) is 0. The van der Waals surface area contributed by atoms with Gasteiger partial charge in [0.1, 0.15) is 23.4 Å². The number of rotatable bonds is 4. The number of nitrogens with zero attached hydrogens (tertiary/aromatic N) is 4. The topological polar surface area (TPSA) is 63.7 Å². The van der Waals surface area contributed by atoms with Gasteiger partial charge in [0, 0.05) is 13.0 Å². The van der Waals surface area contributed by atoms with Crippen molar-refractivity contribution < 1.29 is 4.74 Å². The van der Waals surface area contributed by atoms with E-state index in [0.717, 1.165) is 48.7 Å². The largest absolute Gasteiger partial charge is 0.457 e. The number of benzene rings is 2. The number of allylic oxidation sites excluding steroid dienone is 1. The predicted octanol–water partition coefficient (Wildman–Crippen LogP) is 4.86. The van der Waals surface area contributed by atoms with Crippen LogP contribution in [0.3, 0.4) is 0 Å². The van der Waals surface area contributed by atoms with Crippen LogP contribution >= 0.6 is 0 Å². The third kappa shape index (κ3) is 3.90. The van der Waals surface area contributed by atoms with Gasteiger partial charge in [-0.1, -0.05) is 36.8 Å². The van der Waals surface area contributed by atoms with Crippen LogP contribution < -0.4 is 4.74 Å². The summed E-state index contributed by atoms with van der Waals surface area (Å²) in [6.45, 7) is 0.869. The van der Waals surface area contributed by atoms with E-state index in [9.17, 15) is 5.26 Å². The molecule has 0 saturated carbocycles. The first-order valence-electron chi connectivity index (χ1n) is 9.21. The highest BCUT2D eigenvalue weighted by molar-refractivity contribution is 5.87. The standard InChI is InChI=1S/C22H20N4O/c23-16-18(22-25-24-21-12-5-2-6-13-26(21)22)14-17-8-7-11-20(15-17)27-19-9-3-1-4-10-19/h1,3-4,7-11,14-15H,2,5-6,12-13H2/b18-14+. The van der Waals surface area contributed by atoms with Crippen LogP contribution in [0.15, 0.2) is 54.6 Å². The maximum Gasteiger partial charge on any atom is 0.174 e. The smallest absolute Gasteiger partial charge is 0.174 e. The molecule has 0 amide bonds. The predicted molar refractivity (Wildman–Crippen MR) is 104 cm³/mol. The number of aryl methyl sites for hydroxylation is 1. The maximum absolute atomic E-state index is 9.70. The lowest BCUT2D eigenvalue weighted by Gasteiger charge is -2.07. The van der Waals surface area contributed by atoms with Crippen LogP contribution in [-0.2, 0) is 13.0 Å². The quantitative estimate of drug-likeness (QED) is 0.626. The Morgan fingerprint density at radius 1 is 1.00 bits per heavy atom. The molecule has 27 heavy (non-hydrogen) atoms. The molecule has 5 nitrogen and oxygen atoms in total. The van der Waals surface area contributed by atoms with Gasteiger partial charge in [0.05, 0.1) is 5.57 Å². The van der Waals surface area contributed by atoms with Gasteiger partial charge in [0.25, 0.3) is 0 Å². The normalized spacial score (nSPS) is 14.1. The summed E-state index contributed by atoms with van der Waals surface area (Å²) >= 11 is 0. The molecular weight excluding hydrogens is 336 g/mol. The van der Waals surface area contributed by atoms with Crippen molar-refractivity contribution in [1.82, 2.24) is 14.8 Å². The van der Waals surface area contributed by atoms with Crippen LogP contribution in [0.2, 0.25) is 0 Å². The molecule has 0 aliphatic carbocycles. The second-order valence-corrected chi connectivity index (χ2v) is 6.56. The van der Waals surface area contributed by atoms with Gasteiger partial charge < -0.3 is 9.30 Å². The first kappa shape index (κ1) is 17.0. The van der Waals surface area contributed by atoms with Crippen molar-refractivity contribution in [2.45, 2.75) is 32.2 Å². The fourth-order valence-corrected chi connectivity index (χ4v) is 3.29. The van der Waals surface area contributed by atoms with E-state index >= 15 is 0 Å². The molecule has 2 aromatic carbocycles. The fourth-order valence-electron chi connectivity index (χ4n) is 3.29. The molecule has 1 aliphatic rings. The number of hydrogen-bond donors (Lipinski definition) is 0. The lowest BCUT2D eigenvalue weighted by Crippen LogP contribution is -2.05. The van der Waals surface area contributed by atoms with Crippen LogP contribution in [0.4, 0.5) is 0 Å². The molecule has 0 bridgehead atoms. The second kappa shape index (κ2) is 7.88. The number of ether oxygens (including phenoxy) is 1. The summed E-state index contributed by atoms with van der Waals surface area (Å²) in [6.07, 6.45) is 6.18. The Labute approximate surface area is 158 Å². The Morgan fingerprint density at radius 2 is 1.85 bits per heavy atom. The third-order valence-electron chi connectivity index (χ3n) is 4.62. The van der Waals surface area contributed by atoms with Gasteiger partial charge in [-0.2, -0.15) is 5.26 Å². The van der Waals surface area contributed by atoms with Crippen LogP contribution in [0.5, 0.6) is 11.5 Å². The van der Waals surface area contributed by atoms with Crippen molar-refractivity contribution in [1.29, 1.82) is 5.26 Å². The molecule has 5 heteroatoms. The van der Waals surface area contributed by atoms with E-state index < -0.39 is 0 Å². The summed E-state index contributed by atoms with van der Waals surface area (Å²) in [5.74, 6) is 3.14. The van der Waals surface area contributed by atoms with Gasteiger partial charge in [0.2, 0.25) is 0 Å². The number of nitriles is 1. The third-order valence-corrected chi connectivity index (χ3v) is 4.62. The van der Waals surface area contributed by atoms with Crippen molar-refractivity contribution in [3.05, 3.63) is 71.8 Å². The van der Waals surface area contributed by atoms with Gasteiger partial charge in [-0.25, -0.2) is 0 Å². The average Bonchev–Trinajstić information content (AvgIpc) is 2.95. The summed E-state index contributed by atoms with van der Waals surface area (Å²) < 4.78 is 7.98. The lowest BCUT2D eigenvalue weighted by molar-refractivity contribution is 0.482. The molecule has 0 fully saturated rings. The Bertz CT molecular complexity index is 999. The van der Waals surface area contributed by atoms with Crippen molar-refractivity contribution in [2.24, 2.45) is 0 Å². The number of para-hydroxylation sites is 1. The van der Waals surface area contributed by atoms with Crippen LogP contribution in [0.25, 0.3) is 11.6 Å². The first-order chi connectivity index (χ1) is 13.3. The molecule has 4 rings (SSSR count). The van der Waals surface area contributed by atoms with E-state index in [1.54, 1.807) is 0 Å². The summed E-state index contributed by atoms with van der Waals surface area (Å²) in [5.41, 5.74) is 1.42. The van der Waals surface area contributed by atoms with E-state index in [2.05, 4.69) is 20.8 Å². The molecule has 1 aliphatic heterocycles. The van der Waals surface area contributed by atoms with E-state index in [4.69, 9.17) is 4.74 Å². The van der Waals surface area contributed by atoms with Gasteiger partial charge in [-0.15, -0.1) is 10.2 Å². The minimum atomic E-state index is 0.521. The van der Waals surface area contributed by atoms with Gasteiger partial charge >= 0.3 is 0 Å². The van der Waals surface area contributed by atoms with Crippen molar-refractivity contribution in [3.63, 3.8) is 0 Å². The van der Waals surface area contributed by atoms with Gasteiger partial charge in [0.15, 0.2) is 5.82 Å². The minimum absolute atomic E-state index is 0.521. The Morgan fingerprint density at radius 3 is 2.70 bits per heavy atom. The molecule has 0 N–H and O–H groups in total. The summed E-state index contributed by atoms with van der Waals surface area (Å²) in [6, 6.07) is 19.6. The number of hydrogen-bond acceptors (Lipinski definition) is 4. The highest BCUT2D eigenvalue weighted by Crippen LogP contribution is 2.25. The highest BCUT2D eigenvalue weighted by atomic mass is 16.5. The van der Waals surface area contributed by atoms with E-state index in [-0.39, 0.29) is 0 Å². The number of aromatic nitrogens is 3. The summed E-state index contributed by atoms with van der Waals surface area (Å²) in [4.78, 5) is 0. The molecule has 0 unspecified atom stereocenters. The van der Waals surface area contributed by atoms with Gasteiger partial charge in [-0.3, -0.25) is 0 Å². The molecule has 3 aromatic rings. The number of fused-ring (bicyclic) bond motifs is 1. The molecular formula is C22H20N4O. The fraction of sp³-hybridized carbons (Fsp3) is 0.227. The van der Waals surface area contributed by atoms with E-state index in [1.165, 1.54) is 6.42 Å². The van der Waals surface area contributed by atoms with Crippen molar-refractivity contribution in [3.8, 4) is 17.6 Å². The van der Waals surface area contributed by atoms with Crippen LogP contribution in [0, 0.1) is 11.3 Å². The maximum atomic E-state index is 9.70. The summed E-state index contributed by atoms with van der Waals surface area (Å²) in [5, 5.41) is 18.3. The zero-order chi connectivity index (χ0) is 18.5. The van der Waals surface area contributed by atoms with E-state index in [0.29, 0.717) is 11.4 Å². The Kier molecular flexibility index (Phi) is 4.97. The molecule has 134 valence electrons. The highest BCUT2D eigenvalue weighted by Gasteiger charge is 2.17. The molecule has 0 saturated heterocycles. The molecule has 0 radical (unpaired) electrons. The monoisotopic (exact) mass is 356 g/mol. The average molecular weight is 356 g/mol. The second-order valence-electron chi connectivity index (χ2n) is 6.56. The molecule has 2 heterocycles. The van der Waals surface area contributed by atoms with Crippen LogP contribution in [0.1, 0.15) is 36.5 Å². The van der Waals surface area contributed by atoms with E-state index in [1.807, 2.05) is 60.7 Å². The van der Waals surface area contributed by atoms with Crippen molar-refractivity contribution >= 4 is 11.6 Å². The van der Waals surface area contributed by atoms with Gasteiger partial charge in [-0.05, 0) is 48.7 Å². The molecule has 0 atom stereocenters. The zero-order valence-electron chi connectivity index (χ0n) is 15.0. The minimum Gasteiger partial charge on any atom is -0.457 e. The Hall–Kier alpha value is -3.39. The molecule has 0 spiro atoms. The SMILES string of the molecule is N#C/C(=C\c1cccc(Oc2ccccc2)c1)c1nnc2n1CCCCC2. The lowest BCUT2D eigenvalue weighted by atomic mass is 10.1. The van der Waals surface area contributed by atoms with Crippen molar-refractivity contribution in [2.75, 3.05) is 0 Å². The zero-order valence-corrected chi connectivity index (χ0v) is 15.0. The van der Waals surface area contributed by atoms with Crippen LogP contribution in [-0.4, -0.2) is 14.8 Å².